The minimum atomic E-state index is -2.04. The number of rotatable bonds is 10. The molecule has 3 heterocycles. The summed E-state index contributed by atoms with van der Waals surface area (Å²) in [5, 5.41) is 61.3. The molecular weight excluding hydrogens is 506 g/mol. The maximum absolute atomic E-state index is 12.2. The number of aromatic nitrogens is 1. The van der Waals surface area contributed by atoms with Gasteiger partial charge in [-0.2, -0.15) is 0 Å². The molecule has 0 radical (unpaired) electrons. The Labute approximate surface area is 217 Å². The second-order valence-electron chi connectivity index (χ2n) is 9.06. The summed E-state index contributed by atoms with van der Waals surface area (Å²) in [6.07, 6.45) is -8.58. The molecule has 2 aliphatic rings. The second kappa shape index (κ2) is 12.4. The lowest BCUT2D eigenvalue weighted by Gasteiger charge is -2.42. The van der Waals surface area contributed by atoms with Crippen LogP contribution in [-0.2, 0) is 25.4 Å². The molecule has 0 amide bonds. The molecule has 1 aromatic carbocycles. The van der Waals surface area contributed by atoms with Crippen molar-refractivity contribution in [2.75, 3.05) is 26.4 Å². The molecule has 2 aromatic rings. The summed E-state index contributed by atoms with van der Waals surface area (Å²) < 4.78 is 27.6. The minimum Gasteiger partial charge on any atom is -0.462 e. The molecule has 2 aliphatic heterocycles. The first-order valence-electron chi connectivity index (χ1n) is 12.0. The van der Waals surface area contributed by atoms with Crippen LogP contribution in [0.15, 0.2) is 48.7 Å². The van der Waals surface area contributed by atoms with Crippen molar-refractivity contribution in [3.63, 3.8) is 0 Å². The normalized spacial score (nSPS) is 33.2. The fraction of sp³-hybridized carbons (Fsp3) is 0.520. The first-order chi connectivity index (χ1) is 18.3. The Morgan fingerprint density at radius 3 is 2.47 bits per heavy atom. The molecular formula is C25H31NO12. The van der Waals surface area contributed by atoms with Gasteiger partial charge >= 0.3 is 5.97 Å². The summed E-state index contributed by atoms with van der Waals surface area (Å²) in [5.74, 6) is -0.514. The van der Waals surface area contributed by atoms with E-state index in [1.807, 2.05) is 0 Å². The smallest absolute Gasteiger partial charge is 0.357 e. The highest BCUT2D eigenvalue weighted by Gasteiger charge is 2.54. The fourth-order valence-corrected chi connectivity index (χ4v) is 4.09. The molecule has 13 nitrogen and oxygen atoms in total. The van der Waals surface area contributed by atoms with Crippen molar-refractivity contribution in [2.45, 2.75) is 55.1 Å². The molecule has 8 atom stereocenters. The highest BCUT2D eigenvalue weighted by atomic mass is 16.8. The van der Waals surface area contributed by atoms with Crippen LogP contribution >= 0.6 is 0 Å². The second-order valence-corrected chi connectivity index (χ2v) is 9.06. The van der Waals surface area contributed by atoms with Crippen LogP contribution in [-0.4, -0.2) is 117 Å². The van der Waals surface area contributed by atoms with Gasteiger partial charge < -0.3 is 54.3 Å². The van der Waals surface area contributed by atoms with E-state index in [4.69, 9.17) is 28.8 Å². The summed E-state index contributed by atoms with van der Waals surface area (Å²) in [5.41, 5.74) is -1.18. The van der Waals surface area contributed by atoms with E-state index in [0.29, 0.717) is 12.2 Å². The number of carbonyl (C=O) groups is 1. The number of hydrogen-bond donors (Lipinski definition) is 6. The summed E-state index contributed by atoms with van der Waals surface area (Å²) in [7, 11) is 0. The van der Waals surface area contributed by atoms with E-state index in [2.05, 4.69) is 4.98 Å². The van der Waals surface area contributed by atoms with E-state index < -0.39 is 74.5 Å². The van der Waals surface area contributed by atoms with Gasteiger partial charge in [0, 0.05) is 12.8 Å². The molecule has 38 heavy (non-hydrogen) atoms. The molecule has 0 aliphatic carbocycles. The van der Waals surface area contributed by atoms with Gasteiger partial charge in [-0.3, -0.25) is 0 Å². The zero-order chi connectivity index (χ0) is 27.3. The number of hydrogen-bond acceptors (Lipinski definition) is 13. The summed E-state index contributed by atoms with van der Waals surface area (Å²) in [4.78, 5) is 16.0. The van der Waals surface area contributed by atoms with E-state index in [1.54, 1.807) is 36.4 Å². The molecule has 8 unspecified atom stereocenters. The average Bonchev–Trinajstić information content (AvgIpc) is 3.21. The Hall–Kier alpha value is -2.72. The number of aliphatic hydroxyl groups is 6. The summed E-state index contributed by atoms with van der Waals surface area (Å²) in [6.45, 7) is -1.76. The van der Waals surface area contributed by atoms with Crippen LogP contribution < -0.4 is 4.74 Å². The largest absolute Gasteiger partial charge is 0.462 e. The number of aliphatic hydroxyl groups excluding tert-OH is 5. The molecule has 2 saturated heterocycles. The molecule has 0 spiro atoms. The van der Waals surface area contributed by atoms with Crippen molar-refractivity contribution in [1.29, 1.82) is 0 Å². The van der Waals surface area contributed by atoms with Crippen LogP contribution in [0.1, 0.15) is 16.1 Å². The van der Waals surface area contributed by atoms with E-state index in [0.717, 1.165) is 5.56 Å². The molecule has 4 rings (SSSR count). The fourth-order valence-electron chi connectivity index (χ4n) is 4.09. The minimum absolute atomic E-state index is 0.0107. The van der Waals surface area contributed by atoms with E-state index >= 15 is 0 Å². The van der Waals surface area contributed by atoms with E-state index in [9.17, 15) is 30.3 Å². The number of esters is 1. The maximum atomic E-state index is 12.2. The van der Waals surface area contributed by atoms with Gasteiger partial charge in [0.05, 0.1) is 13.2 Å². The highest BCUT2D eigenvalue weighted by Crippen LogP contribution is 2.32. The molecule has 2 fully saturated rings. The Bertz CT molecular complexity index is 1040. The third kappa shape index (κ3) is 6.29. The Morgan fingerprint density at radius 2 is 1.82 bits per heavy atom. The lowest BCUT2D eigenvalue weighted by Crippen LogP contribution is -2.62. The Balaban J connectivity index is 1.43. The molecule has 0 bridgehead atoms. The van der Waals surface area contributed by atoms with Crippen LogP contribution in [0.4, 0.5) is 0 Å². The third-order valence-electron chi connectivity index (χ3n) is 6.32. The van der Waals surface area contributed by atoms with Gasteiger partial charge in [-0.15, -0.1) is 0 Å². The van der Waals surface area contributed by atoms with Crippen LogP contribution in [0.5, 0.6) is 5.75 Å². The predicted molar refractivity (Wildman–Crippen MR) is 126 cm³/mol. The lowest BCUT2D eigenvalue weighted by atomic mass is 9.98. The molecule has 1 aromatic heterocycles. The van der Waals surface area contributed by atoms with Crippen LogP contribution in [0.25, 0.3) is 0 Å². The number of pyridine rings is 1. The van der Waals surface area contributed by atoms with Crippen molar-refractivity contribution in [3.8, 4) is 5.75 Å². The molecule has 6 N–H and O–H groups in total. The zero-order valence-corrected chi connectivity index (χ0v) is 20.3. The van der Waals surface area contributed by atoms with Crippen LogP contribution in [0.2, 0.25) is 0 Å². The SMILES string of the molecule is O=C(OCC1(O)COC(OC2C(Oc3ccc(CCO)cc3)OC(CO)C(O)C2O)C1O)c1ccccn1. The first kappa shape index (κ1) is 28.3. The molecule has 208 valence electrons. The van der Waals surface area contributed by atoms with Crippen LogP contribution in [0, 0.1) is 0 Å². The summed E-state index contributed by atoms with van der Waals surface area (Å²) in [6, 6.07) is 11.3. The van der Waals surface area contributed by atoms with Gasteiger partial charge in [0.15, 0.2) is 18.0 Å². The third-order valence-corrected chi connectivity index (χ3v) is 6.32. The highest BCUT2D eigenvalue weighted by molar-refractivity contribution is 5.87. The first-order valence-corrected chi connectivity index (χ1v) is 12.0. The van der Waals surface area contributed by atoms with Gasteiger partial charge in [0.1, 0.15) is 42.5 Å². The Kier molecular flexibility index (Phi) is 9.25. The monoisotopic (exact) mass is 537 g/mol. The van der Waals surface area contributed by atoms with Crippen molar-refractivity contribution in [1.82, 2.24) is 4.98 Å². The number of ether oxygens (including phenoxy) is 5. The quantitative estimate of drug-likeness (QED) is 0.184. The van der Waals surface area contributed by atoms with Crippen molar-refractivity contribution >= 4 is 5.97 Å². The van der Waals surface area contributed by atoms with Gasteiger partial charge in [-0.1, -0.05) is 18.2 Å². The number of benzene rings is 1. The lowest BCUT2D eigenvalue weighted by molar-refractivity contribution is -0.318. The van der Waals surface area contributed by atoms with E-state index in [-0.39, 0.29) is 12.3 Å². The van der Waals surface area contributed by atoms with Crippen molar-refractivity contribution in [3.05, 3.63) is 59.9 Å². The zero-order valence-electron chi connectivity index (χ0n) is 20.3. The van der Waals surface area contributed by atoms with E-state index in [1.165, 1.54) is 12.3 Å². The number of carbonyl (C=O) groups excluding carboxylic acids is 1. The Morgan fingerprint density at radius 1 is 1.05 bits per heavy atom. The molecule has 13 heteroatoms. The van der Waals surface area contributed by atoms with Crippen molar-refractivity contribution in [2.24, 2.45) is 0 Å². The van der Waals surface area contributed by atoms with Gasteiger partial charge in [-0.05, 0) is 36.2 Å². The summed E-state index contributed by atoms with van der Waals surface area (Å²) >= 11 is 0. The van der Waals surface area contributed by atoms with Gasteiger partial charge in [-0.25, -0.2) is 9.78 Å². The van der Waals surface area contributed by atoms with Gasteiger partial charge in [0.25, 0.3) is 0 Å². The average molecular weight is 538 g/mol. The van der Waals surface area contributed by atoms with Crippen LogP contribution in [0.3, 0.4) is 0 Å². The maximum Gasteiger partial charge on any atom is 0.357 e. The topological polar surface area (TPSA) is 197 Å². The number of nitrogens with zero attached hydrogens (tertiary/aromatic N) is 1. The predicted octanol–water partition coefficient (Wildman–Crippen LogP) is -1.88. The van der Waals surface area contributed by atoms with Gasteiger partial charge in [0.2, 0.25) is 6.29 Å². The molecule has 0 saturated carbocycles. The standard InChI is InChI=1S/C25H31NO12/c27-10-8-14-4-6-15(7-5-14)36-23-20(19(30)18(29)17(11-28)37-23)38-24-21(31)25(33,13-35-24)12-34-22(32)16-3-1-2-9-26-16/h1-7,9,17-21,23-24,27-31,33H,8,10-13H2. The van der Waals surface area contributed by atoms with Crippen molar-refractivity contribution < 1.29 is 59.1 Å².